The zero-order valence-electron chi connectivity index (χ0n) is 9.33. The van der Waals surface area contributed by atoms with Gasteiger partial charge in [0.15, 0.2) is 0 Å². The lowest BCUT2D eigenvalue weighted by Crippen LogP contribution is -2.08. The van der Waals surface area contributed by atoms with Crippen molar-refractivity contribution in [2.24, 2.45) is 0 Å². The van der Waals surface area contributed by atoms with Gasteiger partial charge in [-0.3, -0.25) is 0 Å². The van der Waals surface area contributed by atoms with Crippen LogP contribution in [-0.4, -0.2) is 20.4 Å². The summed E-state index contributed by atoms with van der Waals surface area (Å²) in [4.78, 5) is 12.4. The Kier molecular flexibility index (Phi) is 4.15. The summed E-state index contributed by atoms with van der Waals surface area (Å²) in [5, 5.41) is 0.732. The molecule has 1 atom stereocenters. The molecule has 82 valence electrons. The molecule has 0 aliphatic carbocycles. The second kappa shape index (κ2) is 5.17. The number of rotatable bonds is 4. The van der Waals surface area contributed by atoms with Crippen LogP contribution in [0.1, 0.15) is 24.8 Å². The molecular formula is C12H16ClNO. The van der Waals surface area contributed by atoms with Crippen LogP contribution in [0, 0.1) is 0 Å². The van der Waals surface area contributed by atoms with Crippen molar-refractivity contribution in [1.29, 1.82) is 0 Å². The van der Waals surface area contributed by atoms with E-state index >= 15 is 0 Å². The fourth-order valence-electron chi connectivity index (χ4n) is 1.47. The van der Waals surface area contributed by atoms with Gasteiger partial charge in [-0.15, -0.1) is 0 Å². The zero-order valence-corrected chi connectivity index (χ0v) is 10.1. The van der Waals surface area contributed by atoms with Crippen LogP contribution in [0.25, 0.3) is 0 Å². The Morgan fingerprint density at radius 3 is 2.60 bits per heavy atom. The van der Waals surface area contributed by atoms with E-state index in [0.29, 0.717) is 6.42 Å². The standard InChI is InChI=1S/C12H16ClNO/c1-9(6-7-15)11-5-4-10(14(2)3)8-12(11)13/h4-5,7-9H,6H2,1-3H3/t9-/m1/s1. The average molecular weight is 226 g/mol. The molecule has 0 aliphatic heterocycles. The van der Waals surface area contributed by atoms with Gasteiger partial charge in [0.25, 0.3) is 0 Å². The normalized spacial score (nSPS) is 12.3. The smallest absolute Gasteiger partial charge is 0.120 e. The highest BCUT2D eigenvalue weighted by molar-refractivity contribution is 6.31. The molecule has 0 spiro atoms. The second-order valence-electron chi connectivity index (χ2n) is 3.90. The maximum atomic E-state index is 10.4. The predicted octanol–water partition coefficient (Wildman–Crippen LogP) is 3.10. The summed E-state index contributed by atoms with van der Waals surface area (Å²) in [5.41, 5.74) is 2.11. The van der Waals surface area contributed by atoms with E-state index in [4.69, 9.17) is 11.6 Å². The molecule has 0 aliphatic rings. The second-order valence-corrected chi connectivity index (χ2v) is 4.31. The first kappa shape index (κ1) is 12.1. The van der Waals surface area contributed by atoms with Crippen LogP contribution in [0.4, 0.5) is 5.69 Å². The molecule has 15 heavy (non-hydrogen) atoms. The molecule has 0 unspecified atom stereocenters. The van der Waals surface area contributed by atoms with E-state index in [-0.39, 0.29) is 5.92 Å². The first-order chi connectivity index (χ1) is 7.06. The fourth-order valence-corrected chi connectivity index (χ4v) is 1.83. The summed E-state index contributed by atoms with van der Waals surface area (Å²) < 4.78 is 0. The van der Waals surface area contributed by atoms with Crippen LogP contribution in [0.2, 0.25) is 5.02 Å². The van der Waals surface area contributed by atoms with Gasteiger partial charge in [0.05, 0.1) is 0 Å². The van der Waals surface area contributed by atoms with E-state index in [0.717, 1.165) is 22.6 Å². The minimum absolute atomic E-state index is 0.186. The highest BCUT2D eigenvalue weighted by Gasteiger charge is 2.10. The SMILES string of the molecule is C[C@H](CC=O)c1ccc(N(C)C)cc1Cl. The van der Waals surface area contributed by atoms with Gasteiger partial charge in [0.1, 0.15) is 6.29 Å². The van der Waals surface area contributed by atoms with Gasteiger partial charge < -0.3 is 9.69 Å². The summed E-state index contributed by atoms with van der Waals surface area (Å²) in [6.45, 7) is 2.00. The summed E-state index contributed by atoms with van der Waals surface area (Å²) in [6.07, 6.45) is 1.45. The number of carbonyl (C=O) groups excluding carboxylic acids is 1. The number of nitrogens with zero attached hydrogens (tertiary/aromatic N) is 1. The highest BCUT2D eigenvalue weighted by atomic mass is 35.5. The van der Waals surface area contributed by atoms with Crippen LogP contribution in [-0.2, 0) is 4.79 Å². The molecule has 0 N–H and O–H groups in total. The molecule has 3 heteroatoms. The van der Waals surface area contributed by atoms with Crippen LogP contribution >= 0.6 is 11.6 Å². The van der Waals surface area contributed by atoms with Crippen molar-refractivity contribution < 1.29 is 4.79 Å². The number of halogens is 1. The lowest BCUT2D eigenvalue weighted by atomic mass is 9.98. The molecule has 0 fully saturated rings. The van der Waals surface area contributed by atoms with E-state index in [2.05, 4.69) is 0 Å². The van der Waals surface area contributed by atoms with Crippen LogP contribution < -0.4 is 4.90 Å². The van der Waals surface area contributed by atoms with Crippen molar-refractivity contribution in [3.05, 3.63) is 28.8 Å². The van der Waals surface area contributed by atoms with Crippen LogP contribution in [0.3, 0.4) is 0 Å². The van der Waals surface area contributed by atoms with Gasteiger partial charge in [-0.05, 0) is 23.6 Å². The third-order valence-corrected chi connectivity index (χ3v) is 2.81. The zero-order chi connectivity index (χ0) is 11.4. The number of carbonyl (C=O) groups is 1. The number of benzene rings is 1. The van der Waals surface area contributed by atoms with Gasteiger partial charge in [-0.2, -0.15) is 0 Å². The number of hydrogen-bond donors (Lipinski definition) is 0. The summed E-state index contributed by atoms with van der Waals surface area (Å²) in [7, 11) is 3.94. The van der Waals surface area contributed by atoms with Crippen LogP contribution in [0.15, 0.2) is 18.2 Å². The van der Waals surface area contributed by atoms with Gasteiger partial charge in [-0.25, -0.2) is 0 Å². The number of anilines is 1. The molecule has 0 saturated carbocycles. The molecule has 0 radical (unpaired) electrons. The minimum atomic E-state index is 0.186. The van der Waals surface area contributed by atoms with E-state index in [1.54, 1.807) is 0 Å². The lowest BCUT2D eigenvalue weighted by Gasteiger charge is -2.16. The topological polar surface area (TPSA) is 20.3 Å². The average Bonchev–Trinajstić information content (AvgIpc) is 2.17. The van der Waals surface area contributed by atoms with Crippen molar-refractivity contribution in [1.82, 2.24) is 0 Å². The Bertz CT molecular complexity index is 349. The molecule has 1 aromatic carbocycles. The Labute approximate surface area is 95.8 Å². The molecule has 0 amide bonds. The molecular weight excluding hydrogens is 210 g/mol. The molecule has 0 bridgehead atoms. The molecule has 1 rings (SSSR count). The lowest BCUT2D eigenvalue weighted by molar-refractivity contribution is -0.108. The van der Waals surface area contributed by atoms with Crippen LogP contribution in [0.5, 0.6) is 0 Å². The number of aldehydes is 1. The summed E-state index contributed by atoms with van der Waals surface area (Å²) >= 11 is 6.16. The minimum Gasteiger partial charge on any atom is -0.378 e. The van der Waals surface area contributed by atoms with Gasteiger partial charge in [0.2, 0.25) is 0 Å². The van der Waals surface area contributed by atoms with Crippen molar-refractivity contribution in [3.63, 3.8) is 0 Å². The highest BCUT2D eigenvalue weighted by Crippen LogP contribution is 2.29. The van der Waals surface area contributed by atoms with Gasteiger partial charge >= 0.3 is 0 Å². The van der Waals surface area contributed by atoms with Crippen molar-refractivity contribution in [3.8, 4) is 0 Å². The Balaban J connectivity index is 2.97. The Hall–Kier alpha value is -1.02. The Morgan fingerprint density at radius 1 is 1.47 bits per heavy atom. The fraction of sp³-hybridized carbons (Fsp3) is 0.417. The first-order valence-electron chi connectivity index (χ1n) is 4.96. The monoisotopic (exact) mass is 225 g/mol. The van der Waals surface area contributed by atoms with Crippen molar-refractivity contribution >= 4 is 23.6 Å². The molecule has 0 saturated heterocycles. The van der Waals surface area contributed by atoms with E-state index in [1.165, 1.54) is 0 Å². The largest absolute Gasteiger partial charge is 0.378 e. The molecule has 0 heterocycles. The third-order valence-electron chi connectivity index (χ3n) is 2.48. The third kappa shape index (κ3) is 2.96. The van der Waals surface area contributed by atoms with E-state index in [1.807, 2.05) is 44.1 Å². The Morgan fingerprint density at radius 2 is 2.13 bits per heavy atom. The van der Waals surface area contributed by atoms with Gasteiger partial charge in [-0.1, -0.05) is 24.6 Å². The predicted molar refractivity (Wildman–Crippen MR) is 64.9 cm³/mol. The maximum absolute atomic E-state index is 10.4. The van der Waals surface area contributed by atoms with E-state index in [9.17, 15) is 4.79 Å². The van der Waals surface area contributed by atoms with Crippen molar-refractivity contribution in [2.75, 3.05) is 19.0 Å². The first-order valence-corrected chi connectivity index (χ1v) is 5.34. The molecule has 0 aromatic heterocycles. The number of hydrogen-bond acceptors (Lipinski definition) is 2. The van der Waals surface area contributed by atoms with E-state index < -0.39 is 0 Å². The maximum Gasteiger partial charge on any atom is 0.120 e. The summed E-state index contributed by atoms with van der Waals surface area (Å²) in [5.74, 6) is 0.186. The van der Waals surface area contributed by atoms with Crippen molar-refractivity contribution in [2.45, 2.75) is 19.3 Å². The molecule has 1 aromatic rings. The quantitative estimate of drug-likeness (QED) is 0.734. The molecule has 2 nitrogen and oxygen atoms in total. The van der Waals surface area contributed by atoms with Gasteiger partial charge in [0, 0.05) is 31.2 Å². The summed E-state index contributed by atoms with van der Waals surface area (Å²) in [6, 6.07) is 5.94.